The number of aromatic nitrogens is 2. The Morgan fingerprint density at radius 2 is 2.12 bits per heavy atom. The second-order valence-electron chi connectivity index (χ2n) is 4.73. The van der Waals surface area contributed by atoms with Crippen molar-refractivity contribution in [3.8, 4) is 0 Å². The molecule has 1 aromatic heterocycles. The third kappa shape index (κ3) is 3.07. The number of hydrogen-bond donors (Lipinski definition) is 1. The van der Waals surface area contributed by atoms with Gasteiger partial charge in [0.2, 0.25) is 0 Å². The number of likely N-dealkylation sites (N-methyl/N-ethyl adjacent to an activating group) is 1. The zero-order valence-corrected chi connectivity index (χ0v) is 11.9. The molecule has 0 radical (unpaired) electrons. The average molecular weight is 258 g/mol. The fourth-order valence-electron chi connectivity index (χ4n) is 1.80. The molecule has 0 bridgehead atoms. The van der Waals surface area contributed by atoms with Crippen molar-refractivity contribution in [2.45, 2.75) is 39.7 Å². The minimum Gasteiger partial charge on any atom is -0.306 e. The van der Waals surface area contributed by atoms with E-state index < -0.39 is 5.54 Å². The monoisotopic (exact) mass is 257 g/mol. The lowest BCUT2D eigenvalue weighted by atomic mass is 9.94. The molecule has 0 aromatic carbocycles. The lowest BCUT2D eigenvalue weighted by molar-refractivity contribution is -0.123. The highest BCUT2D eigenvalue weighted by atomic mass is 35.5. The van der Waals surface area contributed by atoms with Crippen LogP contribution in [0, 0.1) is 6.92 Å². The maximum Gasteiger partial charge on any atom is 0.156 e. The molecule has 0 unspecified atom stereocenters. The molecule has 0 aliphatic heterocycles. The first-order chi connectivity index (χ1) is 7.79. The summed E-state index contributed by atoms with van der Waals surface area (Å²) in [7, 11) is 1.78. The number of ketones is 1. The number of rotatable bonds is 5. The standard InChI is InChI=1S/C12H20ClN3O/c1-6-14-12(3,4)10(17)7-9-8(2)15-16(5)11(9)13/h14H,6-7H2,1-5H3. The van der Waals surface area contributed by atoms with E-state index >= 15 is 0 Å². The Balaban J connectivity index is 2.88. The summed E-state index contributed by atoms with van der Waals surface area (Å²) in [5.41, 5.74) is 1.11. The predicted octanol–water partition coefficient (Wildman–Crippen LogP) is 1.88. The van der Waals surface area contributed by atoms with Crippen LogP contribution in [0.5, 0.6) is 0 Å². The summed E-state index contributed by atoms with van der Waals surface area (Å²) in [4.78, 5) is 12.2. The summed E-state index contributed by atoms with van der Waals surface area (Å²) in [6, 6.07) is 0. The van der Waals surface area contributed by atoms with Crippen LogP contribution in [0.4, 0.5) is 0 Å². The third-order valence-electron chi connectivity index (χ3n) is 2.92. The summed E-state index contributed by atoms with van der Waals surface area (Å²) in [5, 5.41) is 7.92. The summed E-state index contributed by atoms with van der Waals surface area (Å²) in [6.07, 6.45) is 0.318. The van der Waals surface area contributed by atoms with Crippen molar-refractivity contribution in [2.24, 2.45) is 7.05 Å². The molecule has 0 fully saturated rings. The van der Waals surface area contributed by atoms with E-state index in [1.165, 1.54) is 0 Å². The van der Waals surface area contributed by atoms with Crippen LogP contribution in [0.3, 0.4) is 0 Å². The van der Waals surface area contributed by atoms with E-state index in [2.05, 4.69) is 10.4 Å². The van der Waals surface area contributed by atoms with Crippen molar-refractivity contribution < 1.29 is 4.79 Å². The van der Waals surface area contributed by atoms with Crippen LogP contribution in [0.25, 0.3) is 0 Å². The Morgan fingerprint density at radius 1 is 1.53 bits per heavy atom. The number of carbonyl (C=O) groups excluding carboxylic acids is 1. The van der Waals surface area contributed by atoms with E-state index in [4.69, 9.17) is 11.6 Å². The number of nitrogens with zero attached hydrogens (tertiary/aromatic N) is 2. The molecular formula is C12H20ClN3O. The van der Waals surface area contributed by atoms with Gasteiger partial charge in [0.25, 0.3) is 0 Å². The van der Waals surface area contributed by atoms with Gasteiger partial charge >= 0.3 is 0 Å². The molecule has 1 aromatic rings. The quantitative estimate of drug-likeness (QED) is 0.876. The van der Waals surface area contributed by atoms with E-state index in [9.17, 15) is 4.79 Å². The fourth-order valence-corrected chi connectivity index (χ4v) is 2.04. The van der Waals surface area contributed by atoms with Crippen LogP contribution in [0.1, 0.15) is 32.0 Å². The Kier molecular flexibility index (Phi) is 4.33. The van der Waals surface area contributed by atoms with Crippen LogP contribution >= 0.6 is 11.6 Å². The summed E-state index contributed by atoms with van der Waals surface area (Å²) < 4.78 is 1.60. The molecule has 17 heavy (non-hydrogen) atoms. The lowest BCUT2D eigenvalue weighted by Gasteiger charge is -2.24. The fraction of sp³-hybridized carbons (Fsp3) is 0.667. The van der Waals surface area contributed by atoms with Crippen molar-refractivity contribution in [1.29, 1.82) is 0 Å². The molecule has 0 aliphatic carbocycles. The second-order valence-corrected chi connectivity index (χ2v) is 5.09. The molecule has 0 aliphatic rings. The van der Waals surface area contributed by atoms with E-state index in [-0.39, 0.29) is 5.78 Å². The molecular weight excluding hydrogens is 238 g/mol. The summed E-state index contributed by atoms with van der Waals surface area (Å²) in [5.74, 6) is 0.123. The predicted molar refractivity (Wildman–Crippen MR) is 69.4 cm³/mol. The molecule has 96 valence electrons. The van der Waals surface area contributed by atoms with Crippen LogP contribution in [0.2, 0.25) is 5.15 Å². The van der Waals surface area contributed by atoms with E-state index in [0.29, 0.717) is 11.6 Å². The first-order valence-corrected chi connectivity index (χ1v) is 6.13. The molecule has 1 rings (SSSR count). The van der Waals surface area contributed by atoms with E-state index in [0.717, 1.165) is 17.8 Å². The number of hydrogen-bond acceptors (Lipinski definition) is 3. The molecule has 0 atom stereocenters. The average Bonchev–Trinajstić information content (AvgIpc) is 2.45. The molecule has 5 heteroatoms. The van der Waals surface area contributed by atoms with Crippen molar-refractivity contribution in [2.75, 3.05) is 6.54 Å². The van der Waals surface area contributed by atoms with Gasteiger partial charge in [-0.1, -0.05) is 18.5 Å². The van der Waals surface area contributed by atoms with Gasteiger partial charge < -0.3 is 5.32 Å². The minimum atomic E-state index is -0.527. The van der Waals surface area contributed by atoms with Gasteiger partial charge in [-0.25, -0.2) is 0 Å². The van der Waals surface area contributed by atoms with Gasteiger partial charge in [-0.2, -0.15) is 5.10 Å². The smallest absolute Gasteiger partial charge is 0.156 e. The highest BCUT2D eigenvalue weighted by Crippen LogP contribution is 2.21. The topological polar surface area (TPSA) is 46.9 Å². The highest BCUT2D eigenvalue weighted by Gasteiger charge is 2.28. The van der Waals surface area contributed by atoms with Gasteiger partial charge in [-0.05, 0) is 27.3 Å². The minimum absolute atomic E-state index is 0.123. The molecule has 1 heterocycles. The molecule has 4 nitrogen and oxygen atoms in total. The number of carbonyl (C=O) groups is 1. The van der Waals surface area contributed by atoms with E-state index in [1.807, 2.05) is 27.7 Å². The largest absolute Gasteiger partial charge is 0.306 e. The number of nitrogens with one attached hydrogen (secondary N) is 1. The number of Topliss-reactive ketones (excluding diaryl/α,β-unsaturated/α-hetero) is 1. The zero-order valence-electron chi connectivity index (χ0n) is 11.1. The van der Waals surface area contributed by atoms with Gasteiger partial charge in [-0.15, -0.1) is 0 Å². The van der Waals surface area contributed by atoms with Gasteiger partial charge in [0, 0.05) is 19.0 Å². The first kappa shape index (κ1) is 14.2. The maximum absolute atomic E-state index is 12.2. The molecule has 0 amide bonds. The molecule has 0 saturated heterocycles. The first-order valence-electron chi connectivity index (χ1n) is 5.76. The SMILES string of the molecule is CCNC(C)(C)C(=O)Cc1c(C)nn(C)c1Cl. The van der Waals surface area contributed by atoms with E-state index in [1.54, 1.807) is 11.7 Å². The lowest BCUT2D eigenvalue weighted by Crippen LogP contribution is -2.47. The molecule has 0 saturated carbocycles. The van der Waals surface area contributed by atoms with Crippen LogP contribution in [0.15, 0.2) is 0 Å². The summed E-state index contributed by atoms with van der Waals surface area (Å²) in [6.45, 7) is 8.39. The Morgan fingerprint density at radius 3 is 2.53 bits per heavy atom. The van der Waals surface area contributed by atoms with Crippen LogP contribution < -0.4 is 5.32 Å². The maximum atomic E-state index is 12.2. The van der Waals surface area contributed by atoms with Gasteiger partial charge in [0.15, 0.2) is 5.78 Å². The Hall–Kier alpha value is -0.870. The van der Waals surface area contributed by atoms with Gasteiger partial charge in [0.1, 0.15) is 5.15 Å². The molecule has 1 N–H and O–H groups in total. The number of aryl methyl sites for hydroxylation is 2. The second kappa shape index (κ2) is 5.19. The number of halogens is 1. The van der Waals surface area contributed by atoms with Gasteiger partial charge in [0.05, 0.1) is 11.2 Å². The van der Waals surface area contributed by atoms with Crippen molar-refractivity contribution in [1.82, 2.24) is 15.1 Å². The zero-order chi connectivity index (χ0) is 13.2. The van der Waals surface area contributed by atoms with Crippen LogP contribution in [-0.4, -0.2) is 27.6 Å². The van der Waals surface area contributed by atoms with Crippen molar-refractivity contribution in [3.05, 3.63) is 16.4 Å². The third-order valence-corrected chi connectivity index (χ3v) is 3.40. The Bertz CT molecular complexity index is 424. The van der Waals surface area contributed by atoms with Gasteiger partial charge in [-0.3, -0.25) is 9.48 Å². The normalized spacial score (nSPS) is 11.9. The van der Waals surface area contributed by atoms with Crippen molar-refractivity contribution in [3.63, 3.8) is 0 Å². The highest BCUT2D eigenvalue weighted by molar-refractivity contribution is 6.30. The Labute approximate surface area is 107 Å². The molecule has 0 spiro atoms. The summed E-state index contributed by atoms with van der Waals surface area (Å²) >= 11 is 6.11. The van der Waals surface area contributed by atoms with Crippen molar-refractivity contribution >= 4 is 17.4 Å². The van der Waals surface area contributed by atoms with Crippen LogP contribution in [-0.2, 0) is 18.3 Å².